The van der Waals surface area contributed by atoms with E-state index in [4.69, 9.17) is 4.74 Å². The first-order valence-corrected chi connectivity index (χ1v) is 13.8. The van der Waals surface area contributed by atoms with Crippen LogP contribution in [0.25, 0.3) is 0 Å². The van der Waals surface area contributed by atoms with Gasteiger partial charge in [-0.05, 0) is 43.4 Å². The average molecular weight is 519 g/mol. The highest BCUT2D eigenvalue weighted by Gasteiger charge is 2.31. The van der Waals surface area contributed by atoms with Crippen molar-refractivity contribution in [3.63, 3.8) is 0 Å². The highest BCUT2D eigenvalue weighted by atomic mass is 16.6. The molecule has 2 fully saturated rings. The van der Waals surface area contributed by atoms with E-state index in [1.165, 1.54) is 42.2 Å². The fourth-order valence-electron chi connectivity index (χ4n) is 5.59. The number of ether oxygens (including phenoxy) is 1. The molecule has 9 nitrogen and oxygen atoms in total. The average Bonchev–Trinajstić information content (AvgIpc) is 2.92. The molecule has 1 N–H and O–H groups in total. The molecule has 2 atom stereocenters. The van der Waals surface area contributed by atoms with E-state index in [2.05, 4.69) is 58.0 Å². The number of carbonyl (C=O) groups is 2. The molecule has 3 aliphatic rings. The first-order valence-electron chi connectivity index (χ1n) is 13.8. The molecule has 1 saturated heterocycles. The predicted molar refractivity (Wildman–Crippen MR) is 147 cm³/mol. The lowest BCUT2D eigenvalue weighted by molar-refractivity contribution is -0.128. The monoisotopic (exact) mass is 518 g/mol. The number of rotatable bonds is 9. The van der Waals surface area contributed by atoms with Crippen LogP contribution in [0.1, 0.15) is 68.3 Å². The molecule has 1 aliphatic carbocycles. The molecule has 5 rings (SSSR count). The third-order valence-corrected chi connectivity index (χ3v) is 8.17. The van der Waals surface area contributed by atoms with Gasteiger partial charge in [0.05, 0.1) is 11.6 Å². The third-order valence-electron chi connectivity index (χ3n) is 8.17. The summed E-state index contributed by atoms with van der Waals surface area (Å²) in [5.41, 5.74) is 3.28. The van der Waals surface area contributed by atoms with Gasteiger partial charge in [-0.2, -0.15) is 4.98 Å². The Morgan fingerprint density at radius 3 is 2.53 bits per heavy atom. The Kier molecular flexibility index (Phi) is 7.93. The van der Waals surface area contributed by atoms with Crippen LogP contribution in [0.15, 0.2) is 43.1 Å². The van der Waals surface area contributed by atoms with Gasteiger partial charge in [0, 0.05) is 45.0 Å². The van der Waals surface area contributed by atoms with Gasteiger partial charge in [0.15, 0.2) is 0 Å². The number of benzene rings is 1. The second-order valence-corrected chi connectivity index (χ2v) is 10.5. The summed E-state index contributed by atoms with van der Waals surface area (Å²) in [5.74, 6) is 1.91. The van der Waals surface area contributed by atoms with E-state index in [0.29, 0.717) is 24.4 Å². The Hall–Kier alpha value is -3.46. The van der Waals surface area contributed by atoms with Gasteiger partial charge in [-0.1, -0.05) is 50.1 Å². The summed E-state index contributed by atoms with van der Waals surface area (Å²) in [6.45, 7) is 11.6. The summed E-state index contributed by atoms with van der Waals surface area (Å²) in [6, 6.07) is 9.23. The van der Waals surface area contributed by atoms with Gasteiger partial charge in [-0.15, -0.1) is 0 Å². The van der Waals surface area contributed by atoms with Crippen molar-refractivity contribution >= 4 is 23.8 Å². The Bertz CT molecular complexity index is 1160. The summed E-state index contributed by atoms with van der Waals surface area (Å²) < 4.78 is 5.19. The number of nitrogens with one attached hydrogen (secondary N) is 1. The van der Waals surface area contributed by atoms with Crippen LogP contribution in [0, 0.1) is 5.92 Å². The lowest BCUT2D eigenvalue weighted by atomic mass is 9.79. The molecule has 3 heterocycles. The zero-order valence-corrected chi connectivity index (χ0v) is 22.4. The van der Waals surface area contributed by atoms with Crippen molar-refractivity contribution in [1.82, 2.24) is 19.8 Å². The number of amides is 2. The predicted octanol–water partition coefficient (Wildman–Crippen LogP) is 4.69. The number of nitrogens with zero attached hydrogens (tertiary/aromatic N) is 5. The molecule has 0 radical (unpaired) electrons. The number of anilines is 2. The van der Waals surface area contributed by atoms with Gasteiger partial charge < -0.3 is 15.0 Å². The molecular formula is C29H38N6O3. The second-order valence-electron chi connectivity index (χ2n) is 10.5. The second kappa shape index (κ2) is 11.5. The normalized spacial score (nSPS) is 19.7. The minimum Gasteiger partial charge on any atom is -0.444 e. The van der Waals surface area contributed by atoms with Crippen molar-refractivity contribution < 1.29 is 14.3 Å². The first-order chi connectivity index (χ1) is 18.5. The summed E-state index contributed by atoms with van der Waals surface area (Å²) in [4.78, 5) is 39.2. The highest BCUT2D eigenvalue weighted by molar-refractivity contribution is 5.89. The standard InChI is InChI=1S/C29H38N6O3/c1-4-26(36)34-15-13-33(14-16-34)25(17-21-7-6-8-21)23-11-9-22(10-12-23)20(3)31-28-30-18-24-19-38-29(37)35(5-2)27(24)32-28/h4,9-12,18,20-21,25H,1,5-8,13-17,19H2,2-3H3,(H,30,31,32)/t20-,25?/m0/s1. The molecule has 2 aromatic rings. The zero-order chi connectivity index (χ0) is 26.6. The van der Waals surface area contributed by atoms with Gasteiger partial charge >= 0.3 is 6.09 Å². The molecule has 38 heavy (non-hydrogen) atoms. The van der Waals surface area contributed by atoms with Crippen molar-refractivity contribution in [1.29, 1.82) is 0 Å². The number of aromatic nitrogens is 2. The summed E-state index contributed by atoms with van der Waals surface area (Å²) >= 11 is 0. The first kappa shape index (κ1) is 26.2. The molecule has 1 aromatic carbocycles. The third kappa shape index (κ3) is 5.53. The quantitative estimate of drug-likeness (QED) is 0.482. The van der Waals surface area contributed by atoms with Crippen LogP contribution in [0.4, 0.5) is 16.6 Å². The Morgan fingerprint density at radius 2 is 1.89 bits per heavy atom. The van der Waals surface area contributed by atoms with Crippen molar-refractivity contribution in [2.75, 3.05) is 42.9 Å². The fourth-order valence-corrected chi connectivity index (χ4v) is 5.59. The molecule has 0 spiro atoms. The minimum atomic E-state index is -0.376. The Morgan fingerprint density at radius 1 is 1.18 bits per heavy atom. The van der Waals surface area contributed by atoms with Crippen LogP contribution in [0.2, 0.25) is 0 Å². The SMILES string of the molecule is C=CC(=O)N1CCN(C(CC2CCC2)c2ccc([C@H](C)Nc3ncc4c(n3)N(CC)C(=O)OC4)cc2)CC1. The maximum Gasteiger partial charge on any atom is 0.415 e. The van der Waals surface area contributed by atoms with E-state index >= 15 is 0 Å². The molecule has 2 amide bonds. The van der Waals surface area contributed by atoms with Crippen LogP contribution in [-0.2, 0) is 16.1 Å². The molecule has 2 aliphatic heterocycles. The van der Waals surface area contributed by atoms with Crippen molar-refractivity contribution in [2.45, 2.75) is 58.2 Å². The van der Waals surface area contributed by atoms with Gasteiger partial charge in [-0.25, -0.2) is 9.78 Å². The van der Waals surface area contributed by atoms with Gasteiger partial charge in [0.1, 0.15) is 12.4 Å². The number of hydrogen-bond donors (Lipinski definition) is 1. The zero-order valence-electron chi connectivity index (χ0n) is 22.4. The van der Waals surface area contributed by atoms with Gasteiger partial charge in [0.25, 0.3) is 0 Å². The number of hydrogen-bond acceptors (Lipinski definition) is 7. The van der Waals surface area contributed by atoms with E-state index in [0.717, 1.165) is 43.2 Å². The van der Waals surface area contributed by atoms with Crippen molar-refractivity contribution in [3.05, 3.63) is 59.8 Å². The van der Waals surface area contributed by atoms with E-state index in [1.807, 2.05) is 11.8 Å². The largest absolute Gasteiger partial charge is 0.444 e. The van der Waals surface area contributed by atoms with Crippen molar-refractivity contribution in [2.24, 2.45) is 5.92 Å². The van der Waals surface area contributed by atoms with E-state index in [-0.39, 0.29) is 24.6 Å². The Labute approximate surface area is 224 Å². The maximum atomic E-state index is 12.1. The van der Waals surface area contributed by atoms with Crippen LogP contribution in [0.5, 0.6) is 0 Å². The summed E-state index contributed by atoms with van der Waals surface area (Å²) in [6.07, 6.45) is 7.90. The molecule has 9 heteroatoms. The number of piperazine rings is 1. The number of cyclic esters (lactones) is 1. The van der Waals surface area contributed by atoms with Crippen LogP contribution < -0.4 is 10.2 Å². The summed E-state index contributed by atoms with van der Waals surface area (Å²) in [7, 11) is 0. The molecule has 0 bridgehead atoms. The highest BCUT2D eigenvalue weighted by Crippen LogP contribution is 2.38. The lowest BCUT2D eigenvalue weighted by Gasteiger charge is -2.41. The molecule has 1 saturated carbocycles. The van der Waals surface area contributed by atoms with E-state index in [1.54, 1.807) is 6.20 Å². The van der Waals surface area contributed by atoms with Crippen LogP contribution >= 0.6 is 0 Å². The van der Waals surface area contributed by atoms with Gasteiger partial charge in [-0.3, -0.25) is 14.6 Å². The van der Waals surface area contributed by atoms with Crippen LogP contribution in [-0.4, -0.2) is 64.5 Å². The van der Waals surface area contributed by atoms with Crippen molar-refractivity contribution in [3.8, 4) is 0 Å². The Balaban J connectivity index is 1.27. The fraction of sp³-hybridized carbons (Fsp3) is 0.517. The van der Waals surface area contributed by atoms with E-state index in [9.17, 15) is 9.59 Å². The van der Waals surface area contributed by atoms with Gasteiger partial charge in [0.2, 0.25) is 11.9 Å². The lowest BCUT2D eigenvalue weighted by Crippen LogP contribution is -2.49. The minimum absolute atomic E-state index is 0.00809. The number of carbonyl (C=O) groups excluding carboxylic acids is 2. The number of fused-ring (bicyclic) bond motifs is 1. The van der Waals surface area contributed by atoms with Crippen LogP contribution in [0.3, 0.4) is 0 Å². The molecule has 1 unspecified atom stereocenters. The smallest absolute Gasteiger partial charge is 0.415 e. The molecule has 202 valence electrons. The molecular weight excluding hydrogens is 480 g/mol. The topological polar surface area (TPSA) is 90.9 Å². The maximum absolute atomic E-state index is 12.1. The summed E-state index contributed by atoms with van der Waals surface area (Å²) in [5, 5.41) is 3.39. The molecule has 1 aromatic heterocycles. The van der Waals surface area contributed by atoms with E-state index < -0.39 is 0 Å².